The second-order valence-corrected chi connectivity index (χ2v) is 7.88. The Labute approximate surface area is 96.9 Å². The van der Waals surface area contributed by atoms with E-state index in [0.717, 1.165) is 12.1 Å². The molecular weight excluding hydrogens is 202 g/mol. The first-order chi connectivity index (χ1) is 7.02. The summed E-state index contributed by atoms with van der Waals surface area (Å²) in [5.74, 6) is 0. The van der Waals surface area contributed by atoms with Crippen molar-refractivity contribution in [3.05, 3.63) is 0 Å². The van der Waals surface area contributed by atoms with Crippen LogP contribution in [0.25, 0.3) is 0 Å². The lowest BCUT2D eigenvalue weighted by Crippen LogP contribution is -2.68. The van der Waals surface area contributed by atoms with E-state index in [4.69, 9.17) is 0 Å². The van der Waals surface area contributed by atoms with Crippen LogP contribution in [0.15, 0.2) is 0 Å². The Kier molecular flexibility index (Phi) is 4.77. The Hall–Kier alpha value is 0.0969. The van der Waals surface area contributed by atoms with Gasteiger partial charge in [0.15, 0.2) is 0 Å². The Bertz CT molecular complexity index is 180. The zero-order chi connectivity index (χ0) is 11.6. The fourth-order valence-electron chi connectivity index (χ4n) is 2.63. The maximum absolute atomic E-state index is 2.66. The van der Waals surface area contributed by atoms with Gasteiger partial charge in [0.25, 0.3) is 9.28 Å². The molecule has 1 saturated heterocycles. The Morgan fingerprint density at radius 2 is 1.47 bits per heavy atom. The highest BCUT2D eigenvalue weighted by molar-refractivity contribution is 6.49. The van der Waals surface area contributed by atoms with E-state index >= 15 is 0 Å². The smallest absolute Gasteiger partial charge is 0.272 e. The minimum atomic E-state index is -1.05. The fourth-order valence-corrected chi connectivity index (χ4v) is 6.05. The molecule has 90 valence electrons. The van der Waals surface area contributed by atoms with E-state index in [9.17, 15) is 0 Å². The summed E-state index contributed by atoms with van der Waals surface area (Å²) in [5, 5.41) is 0. The molecule has 4 heteroatoms. The zero-order valence-corrected chi connectivity index (χ0v) is 12.3. The molecule has 1 rings (SSSR count). The normalized spacial score (nSPS) is 35.0. The van der Waals surface area contributed by atoms with Gasteiger partial charge in [-0.05, 0) is 33.6 Å². The minimum absolute atomic E-state index is 0.744. The molecule has 0 radical (unpaired) electrons. The number of rotatable bonds is 3. The topological polar surface area (TPSA) is 9.72 Å². The maximum Gasteiger partial charge on any atom is 0.272 e. The van der Waals surface area contributed by atoms with Gasteiger partial charge in [-0.15, -0.1) is 0 Å². The second-order valence-electron chi connectivity index (χ2n) is 4.83. The van der Waals surface area contributed by atoms with E-state index in [1.165, 1.54) is 19.5 Å². The third kappa shape index (κ3) is 2.61. The van der Waals surface area contributed by atoms with Crippen LogP contribution in [0.5, 0.6) is 0 Å². The summed E-state index contributed by atoms with van der Waals surface area (Å²) in [6, 6.07) is 1.49. The van der Waals surface area contributed by atoms with Gasteiger partial charge in [-0.25, -0.2) is 0 Å². The van der Waals surface area contributed by atoms with Gasteiger partial charge < -0.3 is 13.7 Å². The molecular formula is C11H27N3Si. The van der Waals surface area contributed by atoms with Crippen molar-refractivity contribution < 1.29 is 0 Å². The van der Waals surface area contributed by atoms with E-state index in [2.05, 4.69) is 55.5 Å². The monoisotopic (exact) mass is 229 g/mol. The summed E-state index contributed by atoms with van der Waals surface area (Å²) >= 11 is 0. The second kappa shape index (κ2) is 5.43. The van der Waals surface area contributed by atoms with Crippen LogP contribution in [0, 0.1) is 0 Å². The molecule has 0 saturated carbocycles. The van der Waals surface area contributed by atoms with Gasteiger partial charge in [-0.2, -0.15) is 0 Å². The van der Waals surface area contributed by atoms with Gasteiger partial charge in [-0.3, -0.25) is 0 Å². The molecule has 0 aromatic heterocycles. The van der Waals surface area contributed by atoms with Crippen molar-refractivity contribution in [2.45, 2.75) is 46.2 Å². The van der Waals surface area contributed by atoms with Crippen molar-refractivity contribution in [3.63, 3.8) is 0 Å². The zero-order valence-electron chi connectivity index (χ0n) is 11.2. The lowest BCUT2D eigenvalue weighted by molar-refractivity contribution is 0.181. The van der Waals surface area contributed by atoms with Crippen LogP contribution in [-0.2, 0) is 0 Å². The van der Waals surface area contributed by atoms with Crippen molar-refractivity contribution in [2.75, 3.05) is 27.2 Å². The third-order valence-corrected chi connectivity index (χ3v) is 7.80. The molecule has 3 nitrogen and oxygen atoms in total. The molecule has 1 aliphatic rings. The molecule has 0 aromatic carbocycles. The molecule has 0 spiro atoms. The van der Waals surface area contributed by atoms with Crippen LogP contribution < -0.4 is 0 Å². The molecule has 1 fully saturated rings. The van der Waals surface area contributed by atoms with E-state index in [1.54, 1.807) is 0 Å². The molecule has 0 aliphatic carbocycles. The first-order valence-corrected chi connectivity index (χ1v) is 7.75. The maximum atomic E-state index is 2.66. The summed E-state index contributed by atoms with van der Waals surface area (Å²) in [6.07, 6.45) is 1.30. The number of hydrogen-bond acceptors (Lipinski definition) is 3. The van der Waals surface area contributed by atoms with Gasteiger partial charge in [0.2, 0.25) is 0 Å². The van der Waals surface area contributed by atoms with Gasteiger partial charge in [0, 0.05) is 12.1 Å². The van der Waals surface area contributed by atoms with Gasteiger partial charge in [-0.1, -0.05) is 27.7 Å². The first kappa shape index (κ1) is 13.2. The van der Waals surface area contributed by atoms with Crippen LogP contribution in [0.2, 0.25) is 0 Å². The van der Waals surface area contributed by atoms with Crippen molar-refractivity contribution >= 4 is 9.28 Å². The molecule has 0 aromatic rings. The molecule has 2 unspecified atom stereocenters. The van der Waals surface area contributed by atoms with Crippen LogP contribution >= 0.6 is 0 Å². The molecule has 0 bridgehead atoms. The Morgan fingerprint density at radius 3 is 1.80 bits per heavy atom. The van der Waals surface area contributed by atoms with E-state index in [1.807, 2.05) is 0 Å². The standard InChI is InChI=1S/C11H27N3Si/c1-7-14(8-2)15-12(5)10(3)9-11(4)13(15)6/h10-11,15H,7-9H2,1-6H3. The molecule has 15 heavy (non-hydrogen) atoms. The van der Waals surface area contributed by atoms with Crippen molar-refractivity contribution in [1.82, 2.24) is 13.7 Å². The van der Waals surface area contributed by atoms with E-state index in [-0.39, 0.29) is 0 Å². The fraction of sp³-hybridized carbons (Fsp3) is 1.00. The highest BCUT2D eigenvalue weighted by Crippen LogP contribution is 2.21. The summed E-state index contributed by atoms with van der Waals surface area (Å²) in [4.78, 5) is 0. The molecule has 1 aliphatic heterocycles. The number of nitrogens with zero attached hydrogens (tertiary/aromatic N) is 3. The predicted octanol–water partition coefficient (Wildman–Crippen LogP) is 1.09. The Morgan fingerprint density at radius 1 is 1.07 bits per heavy atom. The van der Waals surface area contributed by atoms with Gasteiger partial charge in [0.05, 0.1) is 0 Å². The molecule has 0 amide bonds. The Balaban J connectivity index is 2.80. The van der Waals surface area contributed by atoms with Crippen LogP contribution in [0.1, 0.15) is 34.1 Å². The van der Waals surface area contributed by atoms with Gasteiger partial charge in [0.1, 0.15) is 0 Å². The first-order valence-electron chi connectivity index (χ1n) is 6.20. The highest BCUT2D eigenvalue weighted by atomic mass is 28.3. The largest absolute Gasteiger partial charge is 0.302 e. The van der Waals surface area contributed by atoms with Crippen molar-refractivity contribution in [2.24, 2.45) is 0 Å². The quantitative estimate of drug-likeness (QED) is 0.671. The summed E-state index contributed by atoms with van der Waals surface area (Å²) in [5.41, 5.74) is 0. The number of hydrogen-bond donors (Lipinski definition) is 0. The van der Waals surface area contributed by atoms with Gasteiger partial charge >= 0.3 is 0 Å². The predicted molar refractivity (Wildman–Crippen MR) is 69.1 cm³/mol. The van der Waals surface area contributed by atoms with E-state index < -0.39 is 9.28 Å². The highest BCUT2D eigenvalue weighted by Gasteiger charge is 2.37. The molecule has 0 N–H and O–H groups in total. The minimum Gasteiger partial charge on any atom is -0.302 e. The molecule has 2 atom stereocenters. The third-order valence-electron chi connectivity index (χ3n) is 3.94. The van der Waals surface area contributed by atoms with Crippen LogP contribution in [0.3, 0.4) is 0 Å². The summed E-state index contributed by atoms with van der Waals surface area (Å²) in [7, 11) is 3.57. The lowest BCUT2D eigenvalue weighted by Gasteiger charge is -2.50. The molecule has 1 heterocycles. The lowest BCUT2D eigenvalue weighted by atomic mass is 10.1. The van der Waals surface area contributed by atoms with E-state index in [0.29, 0.717) is 0 Å². The van der Waals surface area contributed by atoms with Crippen molar-refractivity contribution in [1.29, 1.82) is 0 Å². The van der Waals surface area contributed by atoms with Crippen molar-refractivity contribution in [3.8, 4) is 0 Å². The summed E-state index contributed by atoms with van der Waals surface area (Å²) in [6.45, 7) is 11.7. The average molecular weight is 229 g/mol. The average Bonchev–Trinajstić information content (AvgIpc) is 2.21. The SMILES string of the molecule is CCN(CC)[SiH]1N(C)C(C)CC(C)N1C. The van der Waals surface area contributed by atoms with Crippen LogP contribution in [-0.4, -0.2) is 62.2 Å². The van der Waals surface area contributed by atoms with Crippen LogP contribution in [0.4, 0.5) is 0 Å². The summed E-state index contributed by atoms with van der Waals surface area (Å²) < 4.78 is 7.92.